The first-order chi connectivity index (χ1) is 13.3. The number of H-pyrrole nitrogens is 1. The Hall–Kier alpha value is -3.29. The Morgan fingerprint density at radius 1 is 1.14 bits per heavy atom. The van der Waals surface area contributed by atoms with Crippen molar-refractivity contribution in [1.82, 2.24) is 14.8 Å². The number of rotatable bonds is 3. The molecule has 4 rings (SSSR count). The molecule has 2 aromatic carbocycles. The van der Waals surface area contributed by atoms with Crippen molar-refractivity contribution in [3.8, 4) is 0 Å². The molecule has 0 saturated heterocycles. The topological polar surface area (TPSA) is 62.7 Å². The summed E-state index contributed by atoms with van der Waals surface area (Å²) in [5.41, 5.74) is 1.03. The number of anilines is 1. The first-order valence-corrected chi connectivity index (χ1v) is 8.72. The molecule has 2 aromatic heterocycles. The number of nitrogens with zero attached hydrogens (tertiary/aromatic N) is 2. The van der Waals surface area contributed by atoms with Gasteiger partial charge in [-0.3, -0.25) is 9.48 Å². The van der Waals surface area contributed by atoms with Crippen molar-refractivity contribution < 1.29 is 18.0 Å². The van der Waals surface area contributed by atoms with Crippen LogP contribution >= 0.6 is 0 Å². The van der Waals surface area contributed by atoms with Crippen LogP contribution in [0, 0.1) is 0 Å². The van der Waals surface area contributed by atoms with Gasteiger partial charge in [-0.05, 0) is 38.1 Å². The number of hydrogen-bond donors (Lipinski definition) is 2. The van der Waals surface area contributed by atoms with Crippen LogP contribution in [-0.2, 0) is 6.18 Å². The van der Waals surface area contributed by atoms with Gasteiger partial charge in [0.05, 0.1) is 16.8 Å². The molecule has 0 aliphatic rings. The highest BCUT2D eigenvalue weighted by atomic mass is 19.4. The number of aromatic amines is 1. The Morgan fingerprint density at radius 3 is 2.61 bits per heavy atom. The van der Waals surface area contributed by atoms with Gasteiger partial charge in [-0.25, -0.2) is 0 Å². The van der Waals surface area contributed by atoms with Crippen LogP contribution in [0.15, 0.2) is 48.7 Å². The van der Waals surface area contributed by atoms with Gasteiger partial charge in [-0.1, -0.05) is 18.2 Å². The standard InChI is InChI=1S/C20H17F3N4O/c1-11(2)27-17-9-12(20(21,22)23)7-8-14(17)18(26-27)19(28)25-16-10-24-15-6-4-3-5-13(15)16/h3-11,24H,1-2H3,(H,25,28). The van der Waals surface area contributed by atoms with E-state index >= 15 is 0 Å². The number of carbonyl (C=O) groups excluding carboxylic acids is 1. The molecule has 0 aliphatic carbocycles. The smallest absolute Gasteiger partial charge is 0.359 e. The average molecular weight is 386 g/mol. The lowest BCUT2D eigenvalue weighted by atomic mass is 10.1. The maximum Gasteiger partial charge on any atom is 0.416 e. The van der Waals surface area contributed by atoms with Crippen LogP contribution in [0.1, 0.15) is 35.9 Å². The monoisotopic (exact) mass is 386 g/mol. The molecule has 4 aromatic rings. The van der Waals surface area contributed by atoms with Crippen molar-refractivity contribution in [2.45, 2.75) is 26.1 Å². The van der Waals surface area contributed by atoms with E-state index in [1.807, 2.05) is 24.3 Å². The second kappa shape index (κ2) is 6.40. The zero-order valence-electron chi connectivity index (χ0n) is 15.1. The summed E-state index contributed by atoms with van der Waals surface area (Å²) in [6.45, 7) is 3.60. The number of hydrogen-bond acceptors (Lipinski definition) is 2. The van der Waals surface area contributed by atoms with Crippen LogP contribution < -0.4 is 5.32 Å². The minimum absolute atomic E-state index is 0.0858. The molecule has 0 radical (unpaired) electrons. The van der Waals surface area contributed by atoms with Crippen LogP contribution in [0.2, 0.25) is 0 Å². The quantitative estimate of drug-likeness (QED) is 0.497. The second-order valence-corrected chi connectivity index (χ2v) is 6.82. The van der Waals surface area contributed by atoms with E-state index in [4.69, 9.17) is 0 Å². The fourth-order valence-corrected chi connectivity index (χ4v) is 3.23. The molecule has 0 saturated carbocycles. The molecule has 0 fully saturated rings. The number of nitrogens with one attached hydrogen (secondary N) is 2. The summed E-state index contributed by atoms with van der Waals surface area (Å²) >= 11 is 0. The molecule has 144 valence electrons. The molecule has 2 N–H and O–H groups in total. The highest BCUT2D eigenvalue weighted by molar-refractivity contribution is 6.13. The third-order valence-electron chi connectivity index (χ3n) is 4.58. The molecule has 0 spiro atoms. The Balaban J connectivity index is 1.78. The van der Waals surface area contributed by atoms with Crippen molar-refractivity contribution in [3.05, 3.63) is 59.9 Å². The molecule has 0 unspecified atom stereocenters. The van der Waals surface area contributed by atoms with Gasteiger partial charge in [0, 0.05) is 28.5 Å². The lowest BCUT2D eigenvalue weighted by Gasteiger charge is -2.09. The summed E-state index contributed by atoms with van der Waals surface area (Å²) in [5.74, 6) is -0.478. The average Bonchev–Trinajstić information content (AvgIpc) is 3.22. The van der Waals surface area contributed by atoms with Gasteiger partial charge in [-0.15, -0.1) is 0 Å². The van der Waals surface area contributed by atoms with Crippen molar-refractivity contribution in [2.24, 2.45) is 0 Å². The van der Waals surface area contributed by atoms with Crippen molar-refractivity contribution in [1.29, 1.82) is 0 Å². The predicted molar refractivity (Wildman–Crippen MR) is 101 cm³/mol. The van der Waals surface area contributed by atoms with E-state index in [9.17, 15) is 18.0 Å². The molecular formula is C20H17F3N4O. The van der Waals surface area contributed by atoms with E-state index in [0.717, 1.165) is 23.0 Å². The second-order valence-electron chi connectivity index (χ2n) is 6.82. The Bertz CT molecular complexity index is 1190. The number of aromatic nitrogens is 3. The molecule has 0 atom stereocenters. The fourth-order valence-electron chi connectivity index (χ4n) is 3.23. The SMILES string of the molecule is CC(C)n1nc(C(=O)Nc2c[nH]c3ccccc23)c2ccc(C(F)(F)F)cc21. The van der Waals surface area contributed by atoms with Crippen LogP contribution in [0.25, 0.3) is 21.8 Å². The largest absolute Gasteiger partial charge is 0.416 e. The molecular weight excluding hydrogens is 369 g/mol. The van der Waals surface area contributed by atoms with Crippen LogP contribution in [0.4, 0.5) is 18.9 Å². The lowest BCUT2D eigenvalue weighted by molar-refractivity contribution is -0.137. The van der Waals surface area contributed by atoms with Gasteiger partial charge in [0.25, 0.3) is 5.91 Å². The van der Waals surface area contributed by atoms with Gasteiger partial charge in [-0.2, -0.15) is 18.3 Å². The third kappa shape index (κ3) is 3.00. The zero-order chi connectivity index (χ0) is 20.1. The third-order valence-corrected chi connectivity index (χ3v) is 4.58. The molecule has 2 heterocycles. The highest BCUT2D eigenvalue weighted by Crippen LogP contribution is 2.33. The molecule has 8 heteroatoms. The maximum absolute atomic E-state index is 13.1. The van der Waals surface area contributed by atoms with Crippen molar-refractivity contribution >= 4 is 33.4 Å². The number of amides is 1. The Morgan fingerprint density at radius 2 is 1.89 bits per heavy atom. The Labute approximate surface area is 158 Å². The van der Waals surface area contributed by atoms with Crippen LogP contribution in [-0.4, -0.2) is 20.7 Å². The summed E-state index contributed by atoms with van der Waals surface area (Å²) in [6.07, 6.45) is -2.79. The summed E-state index contributed by atoms with van der Waals surface area (Å²) in [6, 6.07) is 10.6. The molecule has 0 aliphatic heterocycles. The summed E-state index contributed by atoms with van der Waals surface area (Å²) in [4.78, 5) is 15.9. The maximum atomic E-state index is 13.1. The number of fused-ring (bicyclic) bond motifs is 2. The summed E-state index contributed by atoms with van der Waals surface area (Å²) < 4.78 is 40.7. The minimum Gasteiger partial charge on any atom is -0.359 e. The van der Waals surface area contributed by atoms with Crippen molar-refractivity contribution in [2.75, 3.05) is 5.32 Å². The van der Waals surface area contributed by atoms with Gasteiger partial charge < -0.3 is 10.3 Å². The van der Waals surface area contributed by atoms with E-state index < -0.39 is 17.6 Å². The summed E-state index contributed by atoms with van der Waals surface area (Å²) in [7, 11) is 0. The lowest BCUT2D eigenvalue weighted by Crippen LogP contribution is -2.13. The fraction of sp³-hybridized carbons (Fsp3) is 0.200. The number of para-hydroxylation sites is 1. The number of alkyl halides is 3. The predicted octanol–water partition coefficient (Wildman–Crippen LogP) is 5.37. The van der Waals surface area contributed by atoms with Gasteiger partial charge in [0.1, 0.15) is 0 Å². The van der Waals surface area contributed by atoms with E-state index in [-0.39, 0.29) is 17.3 Å². The number of benzene rings is 2. The Kier molecular flexibility index (Phi) is 4.14. The molecule has 28 heavy (non-hydrogen) atoms. The van der Waals surface area contributed by atoms with E-state index in [1.165, 1.54) is 10.7 Å². The number of carbonyl (C=O) groups is 1. The van der Waals surface area contributed by atoms with Gasteiger partial charge in [0.15, 0.2) is 5.69 Å². The number of halogens is 3. The summed E-state index contributed by atoms with van der Waals surface area (Å²) in [5, 5.41) is 8.31. The van der Waals surface area contributed by atoms with Gasteiger partial charge >= 0.3 is 6.18 Å². The van der Waals surface area contributed by atoms with Gasteiger partial charge in [0.2, 0.25) is 0 Å². The minimum atomic E-state index is -4.47. The van der Waals surface area contributed by atoms with Crippen molar-refractivity contribution in [3.63, 3.8) is 0 Å². The van der Waals surface area contributed by atoms with E-state index in [2.05, 4.69) is 15.4 Å². The normalized spacial score (nSPS) is 12.2. The van der Waals surface area contributed by atoms with Crippen LogP contribution in [0.3, 0.4) is 0 Å². The van der Waals surface area contributed by atoms with E-state index in [0.29, 0.717) is 11.1 Å². The zero-order valence-corrected chi connectivity index (χ0v) is 15.1. The first kappa shape index (κ1) is 18.1. The molecule has 5 nitrogen and oxygen atoms in total. The first-order valence-electron chi connectivity index (χ1n) is 8.72. The van der Waals surface area contributed by atoms with E-state index in [1.54, 1.807) is 20.0 Å². The molecule has 1 amide bonds. The molecule has 0 bridgehead atoms. The van der Waals surface area contributed by atoms with Crippen LogP contribution in [0.5, 0.6) is 0 Å². The highest BCUT2D eigenvalue weighted by Gasteiger charge is 2.32.